The zero-order valence-corrected chi connectivity index (χ0v) is 78.8. The number of aromatic hydroxyl groups is 1. The van der Waals surface area contributed by atoms with Crippen LogP contribution in [0, 0.1) is 45.3 Å². The number of carbonyl (C=O) groups is 8. The first-order chi connectivity index (χ1) is 66.9. The van der Waals surface area contributed by atoms with E-state index in [2.05, 4.69) is 15.0 Å². The Balaban J connectivity index is 0.000000156. The SMILES string of the molecule is CC(=N)c1cccc(CC(C(=O)O)[C@H]2CCCN2C(=O)c2ccc(-c3ccc(=O)[nH]c3)cc2)c1.COC(=O)C(Cc1cc(C(C)=N)ccc1O)[C@H]1CCCN1C(=O)c1ccc(-c2ccc(=O)[nH]c2)cc1.COC(=O)C(Cc1cccc(C(C)=N)c1)[C@H]1CCCN1C(=O)c1ccc(-c2ccc(=O)[nH]c2)cc1.COC(=O)C(Cc1cccc(C(C)=N)c1)[C@H]1CCCN1C(=O)c1ccc(-c2ccccc2)cc1. The fraction of sp³-hybridized carbons (Fsp3) is 0.277. The maximum absolute atomic E-state index is 13.5. The summed E-state index contributed by atoms with van der Waals surface area (Å²) in [5.74, 6) is -4.81. The Bertz CT molecular complexity index is 6630. The number of benzene rings is 9. The van der Waals surface area contributed by atoms with Gasteiger partial charge in [0.2, 0.25) is 16.7 Å². The molecule has 9 aromatic carbocycles. The summed E-state index contributed by atoms with van der Waals surface area (Å²) in [6.07, 6.45) is 12.3. The lowest BCUT2D eigenvalue weighted by atomic mass is 9.89. The van der Waals surface area contributed by atoms with Gasteiger partial charge in [-0.05, 0) is 297 Å². The third-order valence-electron chi connectivity index (χ3n) is 26.3. The number of carbonyl (C=O) groups excluding carboxylic acids is 7. The Morgan fingerprint density at radius 2 is 0.576 bits per heavy atom. The molecule has 139 heavy (non-hydrogen) atoms. The Morgan fingerprint density at radius 3 is 0.856 bits per heavy atom. The smallest absolute Gasteiger partial charge is 0.311 e. The van der Waals surface area contributed by atoms with Crippen LogP contribution in [0.2, 0.25) is 0 Å². The van der Waals surface area contributed by atoms with E-state index in [-0.39, 0.29) is 82.5 Å². The first-order valence-electron chi connectivity index (χ1n) is 46.5. The van der Waals surface area contributed by atoms with E-state index in [1.807, 2.05) is 169 Å². The van der Waals surface area contributed by atoms with Gasteiger partial charge in [0.1, 0.15) is 5.75 Å². The van der Waals surface area contributed by atoms with E-state index in [0.29, 0.717) is 115 Å². The highest BCUT2D eigenvalue weighted by molar-refractivity contribution is 6.01. The van der Waals surface area contributed by atoms with Crippen molar-refractivity contribution >= 4 is 70.4 Å². The molecule has 12 aromatic rings. The second-order valence-electron chi connectivity index (χ2n) is 35.4. The summed E-state index contributed by atoms with van der Waals surface area (Å²) in [5.41, 5.74) is 17.1. The lowest BCUT2D eigenvalue weighted by Crippen LogP contribution is -2.44. The first-order valence-corrected chi connectivity index (χ1v) is 46.5. The van der Waals surface area contributed by atoms with Gasteiger partial charge >= 0.3 is 23.9 Å². The van der Waals surface area contributed by atoms with Crippen molar-refractivity contribution in [3.05, 3.63) is 371 Å². The van der Waals surface area contributed by atoms with Crippen LogP contribution in [0.15, 0.2) is 288 Å². The Kier molecular flexibility index (Phi) is 34.0. The lowest BCUT2D eigenvalue weighted by molar-refractivity contribution is -0.148. The molecule has 4 fully saturated rings. The van der Waals surface area contributed by atoms with Gasteiger partial charge in [-0.3, -0.25) is 52.7 Å². The number of rotatable bonds is 28. The monoisotopic (exact) mass is 1870 g/mol. The average molecular weight is 1870 g/mol. The Morgan fingerprint density at radius 1 is 0.317 bits per heavy atom. The van der Waals surface area contributed by atoms with Crippen molar-refractivity contribution in [3.8, 4) is 50.3 Å². The molecule has 9 N–H and O–H groups in total. The number of nitrogens with one attached hydrogen (secondary N) is 7. The summed E-state index contributed by atoms with van der Waals surface area (Å²) in [6.45, 7) is 9.09. The van der Waals surface area contributed by atoms with E-state index in [1.54, 1.807) is 128 Å². The average Bonchev–Trinajstić information content (AvgIpc) is 1.70. The molecule has 4 aliphatic heterocycles. The van der Waals surface area contributed by atoms with E-state index in [1.165, 1.54) is 45.6 Å². The van der Waals surface area contributed by atoms with Gasteiger partial charge in [0, 0.05) is 132 Å². The summed E-state index contributed by atoms with van der Waals surface area (Å²) in [4.78, 5) is 153. The highest BCUT2D eigenvalue weighted by atomic mass is 16.5. The van der Waals surface area contributed by atoms with E-state index in [0.717, 1.165) is 116 Å². The molecule has 0 radical (unpaired) electrons. The normalized spacial score (nSPS) is 16.1. The highest BCUT2D eigenvalue weighted by Crippen LogP contribution is 2.38. The number of carboxylic acids is 1. The van der Waals surface area contributed by atoms with Crippen molar-refractivity contribution in [1.29, 1.82) is 21.6 Å². The van der Waals surface area contributed by atoms with Gasteiger partial charge < -0.3 is 80.6 Å². The van der Waals surface area contributed by atoms with Crippen LogP contribution < -0.4 is 16.7 Å². The molecule has 4 unspecified atom stereocenters. The van der Waals surface area contributed by atoms with Crippen LogP contribution in [0.1, 0.15) is 165 Å². The number of esters is 3. The molecular formula is C112H115N11O16. The third-order valence-corrected chi connectivity index (χ3v) is 26.3. The summed E-state index contributed by atoms with van der Waals surface area (Å²) >= 11 is 0. The van der Waals surface area contributed by atoms with E-state index in [9.17, 15) is 63.0 Å². The van der Waals surface area contributed by atoms with Crippen LogP contribution in [0.5, 0.6) is 5.75 Å². The molecule has 4 saturated heterocycles. The van der Waals surface area contributed by atoms with Gasteiger partial charge in [0.05, 0.1) is 45.0 Å². The maximum Gasteiger partial charge on any atom is 0.311 e. The van der Waals surface area contributed by atoms with E-state index >= 15 is 0 Å². The second kappa shape index (κ2) is 47.0. The van der Waals surface area contributed by atoms with Crippen LogP contribution in [0.25, 0.3) is 44.5 Å². The number of aliphatic carboxylic acids is 1. The third kappa shape index (κ3) is 25.4. The van der Waals surface area contributed by atoms with Gasteiger partial charge in [-0.25, -0.2) is 0 Å². The molecule has 8 atom stereocenters. The summed E-state index contributed by atoms with van der Waals surface area (Å²) in [7, 11) is 4.10. The number of pyridine rings is 3. The fourth-order valence-corrected chi connectivity index (χ4v) is 18.9. The maximum atomic E-state index is 13.5. The minimum Gasteiger partial charge on any atom is -0.508 e. The van der Waals surface area contributed by atoms with Gasteiger partial charge in [-0.2, -0.15) is 0 Å². The Labute approximate surface area is 806 Å². The van der Waals surface area contributed by atoms with Crippen LogP contribution in [0.3, 0.4) is 0 Å². The number of carboxylic acid groups (broad SMARTS) is 1. The molecule has 0 aliphatic carbocycles. The van der Waals surface area contributed by atoms with E-state index < -0.39 is 41.7 Å². The number of likely N-dealkylation sites (tertiary alicyclic amines) is 4. The molecule has 7 heterocycles. The topological polar surface area (TPSA) is 412 Å². The van der Waals surface area contributed by atoms with Crippen LogP contribution in [0.4, 0.5) is 0 Å². The fourth-order valence-electron chi connectivity index (χ4n) is 18.9. The van der Waals surface area contributed by atoms with Gasteiger partial charge in [-0.15, -0.1) is 0 Å². The van der Waals surface area contributed by atoms with Crippen molar-refractivity contribution in [3.63, 3.8) is 0 Å². The number of aromatic nitrogens is 3. The molecule has 0 bridgehead atoms. The molecule has 27 nitrogen and oxygen atoms in total. The van der Waals surface area contributed by atoms with Crippen molar-refractivity contribution in [2.24, 2.45) is 23.7 Å². The zero-order chi connectivity index (χ0) is 99.1. The standard InChI is InChI=1S/C29H30N2O3.C28H29N3O5.C28H29N3O4.C27H27N3O4/c1-20(30)25-11-6-8-21(18-25)19-26(29(33)34-2)27-12-7-17-31(27)28(32)24-15-13-23(14-16-24)22-9-4-3-5-10-22;1-17(29)20-9-11-25(32)22(14-20)15-23(28(35)36-2)24-4-3-13-31(24)27(34)19-7-5-18(6-8-19)21-10-12-26(33)30-16-21;1-18(29)22-6-3-5-19(15-22)16-24(28(34)35-2)25-7-4-14-31(25)27(33)21-10-8-20(9-11-21)23-12-13-26(32)30-17-23;1-17(28)21-5-2-4-18(14-21)15-23(27(33)34)24-6-3-13-30(24)26(32)20-9-7-19(8-10-20)22-11-12-25(31)29-16-22/h3-6,8-11,13-16,18,26-27,30H,7,12,17,19H2,1-2H3;5-12,14,16,23-24,29,32H,3-4,13,15H2,1-2H3,(H,30,33);3,5-6,8-13,15,17,24-25,29H,4,7,14,16H2,1-2H3,(H,30,32);2,4-5,7-12,14,16,23-24,28H,3,6,13,15H2,1H3,(H,29,31)(H,33,34)/t26?,27-;23?,24-;24?,25-;23?,24-/m1111/s1. The minimum absolute atomic E-state index is 0.0441. The molecule has 3 aromatic heterocycles. The molecule has 16 rings (SSSR count). The van der Waals surface area contributed by atoms with Crippen molar-refractivity contribution < 1.29 is 62.8 Å². The molecule has 27 heteroatoms. The molecule has 4 amide bonds. The van der Waals surface area contributed by atoms with Gasteiger partial charge in [0.15, 0.2) is 0 Å². The van der Waals surface area contributed by atoms with Gasteiger partial charge in [0.25, 0.3) is 23.6 Å². The quantitative estimate of drug-likeness (QED) is 0.0125. The summed E-state index contributed by atoms with van der Waals surface area (Å²) in [6, 6.07) is 75.2. The lowest BCUT2D eigenvalue weighted by Gasteiger charge is -2.30. The number of aromatic amines is 3. The number of nitrogens with zero attached hydrogens (tertiary/aromatic N) is 4. The largest absolute Gasteiger partial charge is 0.508 e. The number of hydrogen-bond donors (Lipinski definition) is 9. The number of methoxy groups -OCH3 is 3. The number of phenols is 1. The van der Waals surface area contributed by atoms with Crippen molar-refractivity contribution in [1.82, 2.24) is 34.6 Å². The number of phenolic OH excluding ortho intramolecular Hbond substituents is 1. The molecule has 4 aliphatic rings. The predicted octanol–water partition coefficient (Wildman–Crippen LogP) is 17.2. The zero-order valence-electron chi connectivity index (χ0n) is 78.8. The number of amides is 4. The number of ether oxygens (including phenoxy) is 3. The van der Waals surface area contributed by atoms with Crippen molar-refractivity contribution in [2.45, 2.75) is 129 Å². The van der Waals surface area contributed by atoms with Crippen LogP contribution in [-0.4, -0.2) is 187 Å². The van der Waals surface area contributed by atoms with E-state index in [4.69, 9.17) is 35.8 Å². The second-order valence-corrected chi connectivity index (χ2v) is 35.4. The summed E-state index contributed by atoms with van der Waals surface area (Å²) < 4.78 is 15.4. The molecule has 0 spiro atoms. The molecular weight excluding hydrogens is 1760 g/mol. The van der Waals surface area contributed by atoms with Gasteiger partial charge in [-0.1, -0.05) is 133 Å². The van der Waals surface area contributed by atoms with Crippen LogP contribution >= 0.6 is 0 Å². The van der Waals surface area contributed by atoms with Crippen molar-refractivity contribution in [2.75, 3.05) is 47.5 Å². The predicted molar refractivity (Wildman–Crippen MR) is 536 cm³/mol. The first kappa shape index (κ1) is 101. The molecule has 0 saturated carbocycles. The van der Waals surface area contributed by atoms with Crippen LogP contribution in [-0.2, 0) is 59.1 Å². The highest BCUT2D eigenvalue weighted by Gasteiger charge is 2.44. The Hall–Kier alpha value is -15.9. The minimum atomic E-state index is -0.921. The molecule has 714 valence electrons. The number of hydrogen-bond acceptors (Lipinski definition) is 19. The number of H-pyrrole nitrogens is 3. The summed E-state index contributed by atoms with van der Waals surface area (Å²) in [5, 5.41) is 52.0.